The van der Waals surface area contributed by atoms with E-state index in [1.54, 1.807) is 4.90 Å². The summed E-state index contributed by atoms with van der Waals surface area (Å²) < 4.78 is 5.01. The summed E-state index contributed by atoms with van der Waals surface area (Å²) in [5.41, 5.74) is 2.53. The highest BCUT2D eigenvalue weighted by Gasteiger charge is 2.20. The monoisotopic (exact) mass is 355 g/mol. The van der Waals surface area contributed by atoms with Crippen molar-refractivity contribution in [3.8, 4) is 0 Å². The van der Waals surface area contributed by atoms with Crippen molar-refractivity contribution >= 4 is 17.9 Å². The molecule has 0 atom stereocenters. The summed E-state index contributed by atoms with van der Waals surface area (Å²) in [5, 5.41) is 10.6. The molecule has 1 aromatic carbocycles. The maximum absolute atomic E-state index is 12.3. The number of hydrogen-bond donors (Lipinski definition) is 0. The van der Waals surface area contributed by atoms with E-state index in [2.05, 4.69) is 36.1 Å². The number of nitro groups is 1. The largest absolute Gasteiger partial charge is 0.433 e. The van der Waals surface area contributed by atoms with E-state index in [4.69, 9.17) is 4.42 Å². The highest BCUT2D eigenvalue weighted by molar-refractivity contribution is 5.91. The number of furan rings is 1. The van der Waals surface area contributed by atoms with Gasteiger partial charge in [0.15, 0.2) is 0 Å². The molecular formula is C19H21N3O4. The lowest BCUT2D eigenvalue weighted by atomic mass is 10.1. The molecule has 1 aromatic heterocycles. The Morgan fingerprint density at radius 2 is 2.00 bits per heavy atom. The number of rotatable bonds is 5. The van der Waals surface area contributed by atoms with Gasteiger partial charge in [0.2, 0.25) is 5.91 Å². The van der Waals surface area contributed by atoms with Crippen LogP contribution in [0.15, 0.2) is 46.9 Å². The molecular weight excluding hydrogens is 334 g/mol. The van der Waals surface area contributed by atoms with E-state index >= 15 is 0 Å². The molecule has 0 N–H and O–H groups in total. The number of carbonyl (C=O) groups is 1. The van der Waals surface area contributed by atoms with Crippen molar-refractivity contribution in [2.24, 2.45) is 0 Å². The van der Waals surface area contributed by atoms with Gasteiger partial charge in [0.25, 0.3) is 0 Å². The summed E-state index contributed by atoms with van der Waals surface area (Å²) in [6.07, 6.45) is 2.87. The van der Waals surface area contributed by atoms with E-state index in [-0.39, 0.29) is 11.8 Å². The van der Waals surface area contributed by atoms with Crippen LogP contribution < -0.4 is 0 Å². The van der Waals surface area contributed by atoms with Gasteiger partial charge in [-0.15, -0.1) is 0 Å². The molecule has 1 aliphatic heterocycles. The first-order valence-electron chi connectivity index (χ1n) is 8.50. The molecule has 0 spiro atoms. The van der Waals surface area contributed by atoms with Crippen LogP contribution in [-0.2, 0) is 11.3 Å². The lowest BCUT2D eigenvalue weighted by Gasteiger charge is -2.34. The maximum Gasteiger partial charge on any atom is 0.433 e. The molecule has 1 amide bonds. The Morgan fingerprint density at radius 1 is 1.23 bits per heavy atom. The van der Waals surface area contributed by atoms with E-state index in [9.17, 15) is 14.9 Å². The average molecular weight is 355 g/mol. The number of benzene rings is 1. The number of amides is 1. The Bertz CT molecular complexity index is 820. The molecule has 26 heavy (non-hydrogen) atoms. The molecule has 7 nitrogen and oxygen atoms in total. The van der Waals surface area contributed by atoms with Gasteiger partial charge in [0.05, 0.1) is 6.07 Å². The molecule has 136 valence electrons. The fourth-order valence-electron chi connectivity index (χ4n) is 2.98. The van der Waals surface area contributed by atoms with Gasteiger partial charge < -0.3 is 9.32 Å². The first kappa shape index (κ1) is 17.9. The van der Waals surface area contributed by atoms with Crippen molar-refractivity contribution in [2.75, 3.05) is 26.2 Å². The highest BCUT2D eigenvalue weighted by atomic mass is 16.6. The fourth-order valence-corrected chi connectivity index (χ4v) is 2.98. The Morgan fingerprint density at radius 3 is 2.65 bits per heavy atom. The molecule has 0 radical (unpaired) electrons. The second-order valence-electron chi connectivity index (χ2n) is 6.36. The van der Waals surface area contributed by atoms with Crippen LogP contribution in [-0.4, -0.2) is 46.8 Å². The van der Waals surface area contributed by atoms with E-state index in [1.807, 2.05) is 0 Å². The van der Waals surface area contributed by atoms with Gasteiger partial charge in [-0.05, 0) is 24.6 Å². The molecule has 3 rings (SSSR count). The summed E-state index contributed by atoms with van der Waals surface area (Å²) in [6.45, 7) is 5.93. The number of piperazine rings is 1. The Hall–Kier alpha value is -2.93. The summed E-state index contributed by atoms with van der Waals surface area (Å²) >= 11 is 0. The topological polar surface area (TPSA) is 79.8 Å². The lowest BCUT2D eigenvalue weighted by molar-refractivity contribution is -0.402. The van der Waals surface area contributed by atoms with Gasteiger partial charge in [-0.2, -0.15) is 0 Å². The minimum Gasteiger partial charge on any atom is -0.401 e. The van der Waals surface area contributed by atoms with Gasteiger partial charge in [0.1, 0.15) is 10.7 Å². The van der Waals surface area contributed by atoms with Crippen LogP contribution in [0.2, 0.25) is 0 Å². The van der Waals surface area contributed by atoms with E-state index in [0.29, 0.717) is 18.8 Å². The summed E-state index contributed by atoms with van der Waals surface area (Å²) in [5.74, 6) is -0.149. The van der Waals surface area contributed by atoms with Crippen LogP contribution in [0.1, 0.15) is 16.9 Å². The van der Waals surface area contributed by atoms with E-state index in [1.165, 1.54) is 35.4 Å². The second kappa shape index (κ2) is 7.97. The summed E-state index contributed by atoms with van der Waals surface area (Å²) in [4.78, 5) is 26.4. The number of carbonyl (C=O) groups excluding carboxylic acids is 1. The Kier molecular flexibility index (Phi) is 5.48. The molecule has 1 fully saturated rings. The maximum atomic E-state index is 12.3. The number of hydrogen-bond acceptors (Lipinski definition) is 5. The first-order valence-corrected chi connectivity index (χ1v) is 8.50. The van der Waals surface area contributed by atoms with Crippen molar-refractivity contribution in [3.63, 3.8) is 0 Å². The molecule has 0 aliphatic carbocycles. The third kappa shape index (κ3) is 4.58. The molecule has 2 aromatic rings. The van der Waals surface area contributed by atoms with Gasteiger partial charge in [0, 0.05) is 38.8 Å². The zero-order valence-corrected chi connectivity index (χ0v) is 14.6. The molecule has 1 saturated heterocycles. The number of aryl methyl sites for hydroxylation is 1. The van der Waals surface area contributed by atoms with Gasteiger partial charge in [-0.1, -0.05) is 29.8 Å². The third-order valence-electron chi connectivity index (χ3n) is 4.36. The van der Waals surface area contributed by atoms with Crippen molar-refractivity contribution in [1.82, 2.24) is 9.80 Å². The van der Waals surface area contributed by atoms with Crippen LogP contribution in [0.5, 0.6) is 0 Å². The van der Waals surface area contributed by atoms with E-state index < -0.39 is 4.92 Å². The van der Waals surface area contributed by atoms with Crippen LogP contribution in [0.3, 0.4) is 0 Å². The normalized spacial score (nSPS) is 15.5. The van der Waals surface area contributed by atoms with Gasteiger partial charge in [-0.25, -0.2) is 0 Å². The zero-order chi connectivity index (χ0) is 18.5. The standard InChI is InChI=1S/C19H21N3O4/c1-15-3-2-4-16(13-15)14-20-9-11-21(12-10-20)18(23)7-5-17-6-8-19(26-17)22(24)25/h2-8,13H,9-12,14H2,1H3/b7-5+. The SMILES string of the molecule is Cc1cccc(CN2CCN(C(=O)/C=C/c3ccc([N+](=O)[O-])o3)CC2)c1. The molecule has 0 bridgehead atoms. The molecule has 1 aliphatic rings. The zero-order valence-electron chi connectivity index (χ0n) is 14.6. The Balaban J connectivity index is 1.50. The number of nitrogens with zero attached hydrogens (tertiary/aromatic N) is 3. The minimum atomic E-state index is -0.605. The summed E-state index contributed by atoms with van der Waals surface area (Å²) in [7, 11) is 0. The Labute approximate surface area is 151 Å². The molecule has 0 unspecified atom stereocenters. The van der Waals surface area contributed by atoms with Gasteiger partial charge in [-0.3, -0.25) is 19.8 Å². The predicted molar refractivity (Wildman–Crippen MR) is 97.4 cm³/mol. The smallest absolute Gasteiger partial charge is 0.401 e. The van der Waals surface area contributed by atoms with Crippen molar-refractivity contribution in [3.05, 3.63) is 69.5 Å². The van der Waals surface area contributed by atoms with Crippen LogP contribution >= 0.6 is 0 Å². The second-order valence-corrected chi connectivity index (χ2v) is 6.36. The van der Waals surface area contributed by atoms with Crippen molar-refractivity contribution in [1.29, 1.82) is 0 Å². The quantitative estimate of drug-likeness (QED) is 0.468. The van der Waals surface area contributed by atoms with Crippen LogP contribution in [0, 0.1) is 17.0 Å². The van der Waals surface area contributed by atoms with Crippen molar-refractivity contribution < 1.29 is 14.1 Å². The summed E-state index contributed by atoms with van der Waals surface area (Å²) in [6, 6.07) is 11.2. The first-order chi connectivity index (χ1) is 12.5. The van der Waals surface area contributed by atoms with Crippen LogP contribution in [0.4, 0.5) is 5.88 Å². The van der Waals surface area contributed by atoms with Crippen LogP contribution in [0.25, 0.3) is 6.08 Å². The fraction of sp³-hybridized carbons (Fsp3) is 0.316. The highest BCUT2D eigenvalue weighted by Crippen LogP contribution is 2.17. The third-order valence-corrected chi connectivity index (χ3v) is 4.36. The molecule has 2 heterocycles. The molecule has 0 saturated carbocycles. The van der Waals surface area contributed by atoms with Crippen molar-refractivity contribution in [2.45, 2.75) is 13.5 Å². The predicted octanol–water partition coefficient (Wildman–Crippen LogP) is 2.85. The lowest BCUT2D eigenvalue weighted by Crippen LogP contribution is -2.47. The average Bonchev–Trinajstić information content (AvgIpc) is 3.10. The van der Waals surface area contributed by atoms with E-state index in [0.717, 1.165) is 19.6 Å². The van der Waals surface area contributed by atoms with Gasteiger partial charge >= 0.3 is 5.88 Å². The molecule has 7 heteroatoms. The minimum absolute atomic E-state index is 0.112.